The van der Waals surface area contributed by atoms with Gasteiger partial charge in [-0.1, -0.05) is 18.2 Å². The Hall–Kier alpha value is -2.86. The number of carbonyl (C=O) groups excluding carboxylic acids is 2. The van der Waals surface area contributed by atoms with Gasteiger partial charge in [0.25, 0.3) is 0 Å². The third-order valence-electron chi connectivity index (χ3n) is 4.42. The molecule has 0 spiro atoms. The number of anilines is 2. The maximum absolute atomic E-state index is 12.5. The number of hydrogen-bond donors (Lipinski definition) is 2. The number of amides is 2. The van der Waals surface area contributed by atoms with Crippen LogP contribution in [0.25, 0.3) is 0 Å². The van der Waals surface area contributed by atoms with Gasteiger partial charge in [-0.2, -0.15) is 0 Å². The molecule has 0 unspecified atom stereocenters. The van der Waals surface area contributed by atoms with Crippen LogP contribution in [-0.4, -0.2) is 36.4 Å². The van der Waals surface area contributed by atoms with Gasteiger partial charge in [-0.25, -0.2) is 0 Å². The minimum Gasteiger partial charge on any atom is -0.497 e. The van der Waals surface area contributed by atoms with Crippen molar-refractivity contribution in [3.8, 4) is 5.75 Å². The lowest BCUT2D eigenvalue weighted by molar-refractivity contribution is -0.117. The van der Waals surface area contributed by atoms with Gasteiger partial charge >= 0.3 is 0 Å². The Morgan fingerprint density at radius 3 is 2.33 bits per heavy atom. The zero-order valence-electron chi connectivity index (χ0n) is 15.7. The van der Waals surface area contributed by atoms with Gasteiger partial charge in [-0.15, -0.1) is 0 Å². The fourth-order valence-electron chi connectivity index (χ4n) is 2.98. The average molecular weight is 367 g/mol. The predicted molar refractivity (Wildman–Crippen MR) is 106 cm³/mol. The third-order valence-corrected chi connectivity index (χ3v) is 4.42. The lowest BCUT2D eigenvalue weighted by atomic mass is 10.2. The summed E-state index contributed by atoms with van der Waals surface area (Å²) in [5.41, 5.74) is 2.49. The quantitative estimate of drug-likeness (QED) is 0.751. The molecular weight excluding hydrogens is 342 g/mol. The first-order valence-corrected chi connectivity index (χ1v) is 9.08. The third kappa shape index (κ3) is 5.82. The van der Waals surface area contributed by atoms with Crippen LogP contribution in [0.3, 0.4) is 0 Å². The Labute approximate surface area is 159 Å². The van der Waals surface area contributed by atoms with Gasteiger partial charge in [0, 0.05) is 30.9 Å². The highest BCUT2D eigenvalue weighted by Crippen LogP contribution is 2.28. The van der Waals surface area contributed by atoms with E-state index in [1.54, 1.807) is 25.3 Å². The van der Waals surface area contributed by atoms with E-state index in [2.05, 4.69) is 15.5 Å². The molecule has 0 radical (unpaired) electrons. The Bertz CT molecular complexity index is 801. The molecule has 0 bridgehead atoms. The standard InChI is InChI=1S/C21H25N3O3/c1-15(25)22-17-4-3-5-18(12-17)23-21(26)14-24(19-8-9-19)13-16-6-10-20(27-2)11-7-16/h3-7,10-12,19H,8-9,13-14H2,1-2H3,(H,22,25)(H,23,26). The zero-order chi connectivity index (χ0) is 19.2. The number of benzene rings is 2. The fourth-order valence-corrected chi connectivity index (χ4v) is 2.98. The summed E-state index contributed by atoms with van der Waals surface area (Å²) < 4.78 is 5.19. The van der Waals surface area contributed by atoms with Gasteiger partial charge in [0.2, 0.25) is 11.8 Å². The van der Waals surface area contributed by atoms with Crippen molar-refractivity contribution in [2.24, 2.45) is 0 Å². The summed E-state index contributed by atoms with van der Waals surface area (Å²) in [4.78, 5) is 25.9. The second kappa shape index (κ2) is 8.68. The number of ether oxygens (including phenoxy) is 1. The number of carbonyl (C=O) groups is 2. The minimum absolute atomic E-state index is 0.0598. The Balaban J connectivity index is 1.59. The van der Waals surface area contributed by atoms with Crippen molar-refractivity contribution in [1.29, 1.82) is 0 Å². The largest absolute Gasteiger partial charge is 0.497 e. The molecule has 6 heteroatoms. The number of nitrogens with zero attached hydrogens (tertiary/aromatic N) is 1. The molecule has 0 heterocycles. The normalized spacial score (nSPS) is 13.3. The van der Waals surface area contributed by atoms with Crippen molar-refractivity contribution in [1.82, 2.24) is 4.90 Å². The van der Waals surface area contributed by atoms with Crippen LogP contribution >= 0.6 is 0 Å². The molecule has 6 nitrogen and oxygen atoms in total. The van der Waals surface area contributed by atoms with Crippen molar-refractivity contribution in [3.05, 3.63) is 54.1 Å². The van der Waals surface area contributed by atoms with E-state index < -0.39 is 0 Å². The summed E-state index contributed by atoms with van der Waals surface area (Å²) >= 11 is 0. The van der Waals surface area contributed by atoms with Crippen LogP contribution in [0, 0.1) is 0 Å². The number of nitrogens with one attached hydrogen (secondary N) is 2. The molecule has 27 heavy (non-hydrogen) atoms. The van der Waals surface area contributed by atoms with Crippen LogP contribution in [0.2, 0.25) is 0 Å². The van der Waals surface area contributed by atoms with Crippen LogP contribution in [0.4, 0.5) is 11.4 Å². The number of methoxy groups -OCH3 is 1. The van der Waals surface area contributed by atoms with Gasteiger partial charge in [0.05, 0.1) is 13.7 Å². The molecule has 0 aromatic heterocycles. The molecule has 2 aromatic carbocycles. The molecule has 1 aliphatic rings. The minimum atomic E-state index is -0.141. The molecule has 0 atom stereocenters. The Morgan fingerprint density at radius 2 is 1.74 bits per heavy atom. The second-order valence-corrected chi connectivity index (χ2v) is 6.79. The second-order valence-electron chi connectivity index (χ2n) is 6.79. The van der Waals surface area contributed by atoms with Crippen LogP contribution in [0.1, 0.15) is 25.3 Å². The van der Waals surface area contributed by atoms with E-state index >= 15 is 0 Å². The predicted octanol–water partition coefficient (Wildman–Crippen LogP) is 3.26. The molecule has 1 aliphatic carbocycles. The lowest BCUT2D eigenvalue weighted by Crippen LogP contribution is -2.34. The van der Waals surface area contributed by atoms with Crippen LogP contribution in [0.15, 0.2) is 48.5 Å². The molecule has 2 aromatic rings. The van der Waals surface area contributed by atoms with E-state index in [0.29, 0.717) is 24.0 Å². The lowest BCUT2D eigenvalue weighted by Gasteiger charge is -2.21. The molecule has 0 aliphatic heterocycles. The van der Waals surface area contributed by atoms with Gasteiger partial charge in [-0.3, -0.25) is 14.5 Å². The van der Waals surface area contributed by atoms with E-state index in [4.69, 9.17) is 4.74 Å². The summed E-state index contributed by atoms with van der Waals surface area (Å²) in [7, 11) is 1.65. The smallest absolute Gasteiger partial charge is 0.238 e. The highest BCUT2D eigenvalue weighted by molar-refractivity contribution is 5.94. The monoisotopic (exact) mass is 367 g/mol. The first-order valence-electron chi connectivity index (χ1n) is 9.08. The van der Waals surface area contributed by atoms with E-state index in [-0.39, 0.29) is 11.8 Å². The van der Waals surface area contributed by atoms with E-state index in [1.165, 1.54) is 6.92 Å². The highest BCUT2D eigenvalue weighted by atomic mass is 16.5. The molecule has 1 fully saturated rings. The molecule has 2 N–H and O–H groups in total. The first-order chi connectivity index (χ1) is 13.0. The van der Waals surface area contributed by atoms with Crippen molar-refractivity contribution in [2.45, 2.75) is 32.4 Å². The van der Waals surface area contributed by atoms with Crippen molar-refractivity contribution < 1.29 is 14.3 Å². The number of hydrogen-bond acceptors (Lipinski definition) is 4. The van der Waals surface area contributed by atoms with E-state index in [0.717, 1.165) is 30.7 Å². The molecular formula is C21H25N3O3. The van der Waals surface area contributed by atoms with Gasteiger partial charge in [-0.05, 0) is 48.7 Å². The van der Waals surface area contributed by atoms with E-state index in [9.17, 15) is 9.59 Å². The SMILES string of the molecule is COc1ccc(CN(CC(=O)Nc2cccc(NC(C)=O)c2)C2CC2)cc1. The molecule has 3 rings (SSSR count). The van der Waals surface area contributed by atoms with Crippen LogP contribution in [0.5, 0.6) is 5.75 Å². The van der Waals surface area contributed by atoms with Gasteiger partial charge in [0.1, 0.15) is 5.75 Å². The number of rotatable bonds is 8. The van der Waals surface area contributed by atoms with Gasteiger partial charge < -0.3 is 15.4 Å². The maximum Gasteiger partial charge on any atom is 0.238 e. The summed E-state index contributed by atoms with van der Waals surface area (Å²) in [6.07, 6.45) is 2.25. The van der Waals surface area contributed by atoms with Crippen molar-refractivity contribution in [2.75, 3.05) is 24.3 Å². The molecule has 2 amide bonds. The zero-order valence-corrected chi connectivity index (χ0v) is 15.7. The fraction of sp³-hybridized carbons (Fsp3) is 0.333. The van der Waals surface area contributed by atoms with E-state index in [1.807, 2.05) is 30.3 Å². The first kappa shape index (κ1) is 18.9. The van der Waals surface area contributed by atoms with Gasteiger partial charge in [0.15, 0.2) is 0 Å². The van der Waals surface area contributed by atoms with Crippen molar-refractivity contribution >= 4 is 23.2 Å². The molecule has 142 valence electrons. The summed E-state index contributed by atoms with van der Waals surface area (Å²) in [5.74, 6) is 0.627. The van der Waals surface area contributed by atoms with Crippen LogP contribution in [-0.2, 0) is 16.1 Å². The Kier molecular flexibility index (Phi) is 6.08. The summed E-state index contributed by atoms with van der Waals surface area (Å²) in [6, 6.07) is 15.6. The summed E-state index contributed by atoms with van der Waals surface area (Å²) in [6.45, 7) is 2.52. The average Bonchev–Trinajstić information content (AvgIpc) is 3.46. The topological polar surface area (TPSA) is 70.7 Å². The maximum atomic E-state index is 12.5. The van der Waals surface area contributed by atoms with Crippen molar-refractivity contribution in [3.63, 3.8) is 0 Å². The molecule has 1 saturated carbocycles. The summed E-state index contributed by atoms with van der Waals surface area (Å²) in [5, 5.41) is 5.64. The Morgan fingerprint density at radius 1 is 1.07 bits per heavy atom. The van der Waals surface area contributed by atoms with Crippen LogP contribution < -0.4 is 15.4 Å². The highest BCUT2D eigenvalue weighted by Gasteiger charge is 2.30. The molecule has 0 saturated heterocycles.